The van der Waals surface area contributed by atoms with Gasteiger partial charge in [0.25, 0.3) is 0 Å². The summed E-state index contributed by atoms with van der Waals surface area (Å²) in [6, 6.07) is 14.6. The Bertz CT molecular complexity index is 560. The molecule has 19 heavy (non-hydrogen) atoms. The fourth-order valence-electron chi connectivity index (χ4n) is 1.66. The van der Waals surface area contributed by atoms with Crippen LogP contribution in [-0.4, -0.2) is 19.9 Å². The molecule has 5 heteroatoms. The summed E-state index contributed by atoms with van der Waals surface area (Å²) in [5, 5.41) is 0. The van der Waals surface area contributed by atoms with Gasteiger partial charge in [-0.3, -0.25) is 4.79 Å². The Kier molecular flexibility index (Phi) is 4.18. The van der Waals surface area contributed by atoms with Gasteiger partial charge in [-0.15, -0.1) is 0 Å². The molecule has 0 saturated heterocycles. The van der Waals surface area contributed by atoms with Gasteiger partial charge in [0.05, 0.1) is 7.11 Å². The third-order valence-electron chi connectivity index (χ3n) is 2.57. The smallest absolute Gasteiger partial charge is 0.519 e. The van der Waals surface area contributed by atoms with E-state index in [1.54, 1.807) is 30.3 Å². The van der Waals surface area contributed by atoms with Crippen molar-refractivity contribution in [1.29, 1.82) is 0 Å². The largest absolute Gasteiger partial charge is 0.547 e. The van der Waals surface area contributed by atoms with E-state index in [9.17, 15) is 9.18 Å². The van der Waals surface area contributed by atoms with E-state index in [1.165, 1.54) is 25.3 Å². The summed E-state index contributed by atoms with van der Waals surface area (Å²) in [7, 11) is 1.28. The lowest BCUT2D eigenvalue weighted by Gasteiger charge is -2.13. The Labute approximate surface area is 111 Å². The van der Waals surface area contributed by atoms with E-state index in [4.69, 9.17) is 9.39 Å². The lowest BCUT2D eigenvalue weighted by Crippen LogP contribution is -2.44. The molecule has 0 fully saturated rings. The molecule has 0 aliphatic heterocycles. The predicted octanol–water partition coefficient (Wildman–Crippen LogP) is 2.45. The fraction of sp³-hybridized carbons (Fsp3) is 0.0714. The minimum Gasteiger partial charge on any atom is -0.547 e. The van der Waals surface area contributed by atoms with E-state index in [1.807, 2.05) is 6.07 Å². The normalized spacial score (nSPS) is 9.79. The molecule has 96 valence electrons. The molecule has 0 saturated carbocycles. The van der Waals surface area contributed by atoms with Crippen LogP contribution in [0, 0.1) is 5.82 Å². The maximum Gasteiger partial charge on any atom is 0.519 e. The molecule has 0 amide bonds. The first-order valence-corrected chi connectivity index (χ1v) is 5.75. The second-order valence-electron chi connectivity index (χ2n) is 3.89. The molecule has 0 aromatic heterocycles. The molecule has 2 aromatic carbocycles. The van der Waals surface area contributed by atoms with Gasteiger partial charge in [0.1, 0.15) is 11.6 Å². The molecule has 2 aromatic rings. The second-order valence-corrected chi connectivity index (χ2v) is 3.89. The minimum absolute atomic E-state index is 0.277. The zero-order valence-corrected chi connectivity index (χ0v) is 10.4. The highest BCUT2D eigenvalue weighted by Gasteiger charge is 2.31. The molecule has 0 spiro atoms. The molecular weight excluding hydrogens is 246 g/mol. The van der Waals surface area contributed by atoms with Crippen LogP contribution in [0.5, 0.6) is 5.75 Å². The molecule has 0 unspecified atom stereocenters. The van der Waals surface area contributed by atoms with Crippen LogP contribution in [0.15, 0.2) is 54.6 Å². The molecular formula is C14H12BFO3. The molecule has 0 bridgehead atoms. The topological polar surface area (TPSA) is 35.5 Å². The van der Waals surface area contributed by atoms with Crippen molar-refractivity contribution in [3.8, 4) is 5.75 Å². The van der Waals surface area contributed by atoms with Crippen molar-refractivity contribution >= 4 is 18.2 Å². The number of hydrogen-bond acceptors (Lipinski definition) is 3. The Balaban J connectivity index is 2.27. The van der Waals surface area contributed by atoms with Crippen molar-refractivity contribution in [2.75, 3.05) is 7.11 Å². The van der Waals surface area contributed by atoms with Crippen LogP contribution in [0.1, 0.15) is 0 Å². The average Bonchev–Trinajstić information content (AvgIpc) is 2.45. The summed E-state index contributed by atoms with van der Waals surface area (Å²) in [6.07, 6.45) is 0. The van der Waals surface area contributed by atoms with Gasteiger partial charge in [0.2, 0.25) is 0 Å². The maximum absolute atomic E-state index is 13.1. The van der Waals surface area contributed by atoms with Gasteiger partial charge in [0.15, 0.2) is 0 Å². The van der Waals surface area contributed by atoms with Gasteiger partial charge in [0, 0.05) is 6.07 Å². The van der Waals surface area contributed by atoms with Crippen LogP contribution >= 0.6 is 0 Å². The van der Waals surface area contributed by atoms with Crippen molar-refractivity contribution < 1.29 is 18.6 Å². The molecule has 3 nitrogen and oxygen atoms in total. The maximum atomic E-state index is 13.1. The van der Waals surface area contributed by atoms with Crippen LogP contribution in [0.25, 0.3) is 0 Å². The number of carbonyl (C=O) groups excluding carboxylic acids is 1. The quantitative estimate of drug-likeness (QED) is 0.790. The van der Waals surface area contributed by atoms with Gasteiger partial charge in [-0.1, -0.05) is 36.4 Å². The van der Waals surface area contributed by atoms with Crippen LogP contribution in [-0.2, 0) is 4.74 Å². The van der Waals surface area contributed by atoms with Crippen molar-refractivity contribution in [1.82, 2.24) is 0 Å². The number of benzene rings is 2. The minimum atomic E-state index is -0.909. The summed E-state index contributed by atoms with van der Waals surface area (Å²) in [4.78, 5) is 11.8. The summed E-state index contributed by atoms with van der Waals surface area (Å²) in [5.74, 6) is -0.677. The zero-order valence-electron chi connectivity index (χ0n) is 10.4. The van der Waals surface area contributed by atoms with Gasteiger partial charge >= 0.3 is 12.8 Å². The number of halogens is 1. The number of methoxy groups -OCH3 is 1. The number of hydrogen-bond donors (Lipinski definition) is 0. The first kappa shape index (κ1) is 13.1. The SMILES string of the molecule is COC(=O)B(Oc1cccc(F)c1)c1ccccc1. The van der Waals surface area contributed by atoms with Crippen molar-refractivity contribution in [3.63, 3.8) is 0 Å². The Morgan fingerprint density at radius 1 is 1.11 bits per heavy atom. The summed E-state index contributed by atoms with van der Waals surface area (Å²) >= 11 is 0. The van der Waals surface area contributed by atoms with E-state index in [0.29, 0.717) is 5.46 Å². The van der Waals surface area contributed by atoms with Crippen molar-refractivity contribution in [2.24, 2.45) is 0 Å². The Morgan fingerprint density at radius 2 is 1.84 bits per heavy atom. The standard InChI is InChI=1S/C14H12BFO3/c1-18-14(17)15(11-6-3-2-4-7-11)19-13-9-5-8-12(16)10-13/h2-10H,1H3. The number of carbonyl (C=O) groups is 1. The number of rotatable bonds is 4. The molecule has 0 aliphatic rings. The molecule has 0 heterocycles. The first-order chi connectivity index (χ1) is 9.20. The third kappa shape index (κ3) is 3.34. The lowest BCUT2D eigenvalue weighted by molar-refractivity contribution is 0.194. The lowest BCUT2D eigenvalue weighted by atomic mass is 9.61. The van der Waals surface area contributed by atoms with E-state index in [-0.39, 0.29) is 5.75 Å². The summed E-state index contributed by atoms with van der Waals surface area (Å²) in [5.41, 5.74) is 0.651. The molecule has 0 radical (unpaired) electrons. The van der Waals surface area contributed by atoms with Crippen LogP contribution in [0.2, 0.25) is 0 Å². The zero-order chi connectivity index (χ0) is 13.7. The van der Waals surface area contributed by atoms with Crippen LogP contribution in [0.3, 0.4) is 0 Å². The van der Waals surface area contributed by atoms with Crippen molar-refractivity contribution in [2.45, 2.75) is 0 Å². The summed E-state index contributed by atoms with van der Waals surface area (Å²) < 4.78 is 23.3. The van der Waals surface area contributed by atoms with Gasteiger partial charge in [-0.05, 0) is 17.6 Å². The highest BCUT2D eigenvalue weighted by Crippen LogP contribution is 2.13. The molecule has 2 rings (SSSR count). The first-order valence-electron chi connectivity index (χ1n) is 5.75. The van der Waals surface area contributed by atoms with Crippen molar-refractivity contribution in [3.05, 3.63) is 60.4 Å². The van der Waals surface area contributed by atoms with Gasteiger partial charge in [-0.25, -0.2) is 4.39 Å². The highest BCUT2D eigenvalue weighted by molar-refractivity contribution is 6.94. The van der Waals surface area contributed by atoms with E-state index >= 15 is 0 Å². The van der Waals surface area contributed by atoms with Crippen LogP contribution in [0.4, 0.5) is 9.18 Å². The van der Waals surface area contributed by atoms with E-state index in [0.717, 1.165) is 0 Å². The molecule has 0 aliphatic carbocycles. The van der Waals surface area contributed by atoms with E-state index < -0.39 is 18.6 Å². The monoisotopic (exact) mass is 258 g/mol. The van der Waals surface area contributed by atoms with E-state index in [2.05, 4.69) is 0 Å². The Morgan fingerprint density at radius 3 is 2.47 bits per heavy atom. The molecule has 0 atom stereocenters. The predicted molar refractivity (Wildman–Crippen MR) is 71.3 cm³/mol. The number of ether oxygens (including phenoxy) is 1. The summed E-state index contributed by atoms with van der Waals surface area (Å²) in [6.45, 7) is -0.909. The highest BCUT2D eigenvalue weighted by atomic mass is 19.1. The third-order valence-corrected chi connectivity index (χ3v) is 2.57. The van der Waals surface area contributed by atoms with Gasteiger partial charge in [-0.2, -0.15) is 0 Å². The molecule has 0 N–H and O–H groups in total. The van der Waals surface area contributed by atoms with Crippen LogP contribution < -0.4 is 10.1 Å². The van der Waals surface area contributed by atoms with Gasteiger partial charge < -0.3 is 9.39 Å². The Hall–Kier alpha value is -2.30. The second kappa shape index (κ2) is 6.04. The fourth-order valence-corrected chi connectivity index (χ4v) is 1.66. The average molecular weight is 258 g/mol.